The lowest BCUT2D eigenvalue weighted by Gasteiger charge is -2.07. The Bertz CT molecular complexity index is 948. The van der Waals surface area contributed by atoms with E-state index in [0.29, 0.717) is 17.1 Å². The first-order chi connectivity index (χ1) is 14.2. The van der Waals surface area contributed by atoms with Crippen LogP contribution >= 0.6 is 0 Å². The molecule has 0 aliphatic heterocycles. The van der Waals surface area contributed by atoms with Crippen molar-refractivity contribution in [2.75, 3.05) is 14.2 Å². The molecule has 0 N–H and O–H groups in total. The summed E-state index contributed by atoms with van der Waals surface area (Å²) in [6, 6.07) is 15.2. The summed E-state index contributed by atoms with van der Waals surface area (Å²) in [7, 11) is 3.08. The van der Waals surface area contributed by atoms with E-state index in [-0.39, 0.29) is 11.9 Å². The Kier molecular flexibility index (Phi) is 7.00. The lowest BCUT2D eigenvalue weighted by Crippen LogP contribution is -2.15. The van der Waals surface area contributed by atoms with Gasteiger partial charge in [0.25, 0.3) is 5.91 Å². The van der Waals surface area contributed by atoms with Crippen LogP contribution in [-0.4, -0.2) is 34.9 Å². The van der Waals surface area contributed by atoms with Gasteiger partial charge in [0.2, 0.25) is 0 Å². The molecule has 0 bridgehead atoms. The van der Waals surface area contributed by atoms with Gasteiger partial charge in [0, 0.05) is 11.1 Å². The van der Waals surface area contributed by atoms with Gasteiger partial charge in [-0.1, -0.05) is 50.5 Å². The molecule has 0 atom stereocenters. The molecule has 0 amide bonds. The second-order valence-corrected chi connectivity index (χ2v) is 6.88. The molecule has 0 fully saturated rings. The Morgan fingerprint density at radius 3 is 2.48 bits per heavy atom. The van der Waals surface area contributed by atoms with Crippen LogP contribution < -0.4 is 9.47 Å². The van der Waals surface area contributed by atoms with Crippen LogP contribution in [-0.2, 0) is 6.42 Å². The van der Waals surface area contributed by atoms with E-state index in [9.17, 15) is 4.79 Å². The number of rotatable bonds is 9. The zero-order chi connectivity index (χ0) is 20.6. The highest BCUT2D eigenvalue weighted by molar-refractivity contribution is 5.97. The van der Waals surface area contributed by atoms with Gasteiger partial charge in [-0.15, -0.1) is 5.10 Å². The molecule has 0 unspecified atom stereocenters. The molecule has 3 rings (SSSR count). The van der Waals surface area contributed by atoms with E-state index in [4.69, 9.17) is 9.47 Å². The molecule has 0 radical (unpaired) electrons. The zero-order valence-corrected chi connectivity index (χ0v) is 17.2. The number of aromatic nitrogens is 3. The molecule has 2 aromatic carbocycles. The molecular formula is C23H27N3O3. The van der Waals surface area contributed by atoms with Crippen LogP contribution in [0.2, 0.25) is 0 Å². The molecule has 152 valence electrons. The number of hydrogen-bond acceptors (Lipinski definition) is 5. The standard InChI is InChI=1S/C23H27N3O3/c1-4-5-6-7-9-17-12-14-18(15-13-17)22(27)26-21(24-23(25-26)29-3)19-10-8-11-20(16-19)28-2/h8,10-16H,4-7,9H2,1-3H3. The second-order valence-electron chi connectivity index (χ2n) is 6.88. The van der Waals surface area contributed by atoms with Crippen LogP contribution in [0.1, 0.15) is 48.5 Å². The van der Waals surface area contributed by atoms with Gasteiger partial charge in [-0.25, -0.2) is 0 Å². The minimum atomic E-state index is -0.254. The summed E-state index contributed by atoms with van der Waals surface area (Å²) in [4.78, 5) is 17.5. The third-order valence-corrected chi connectivity index (χ3v) is 4.81. The minimum absolute atomic E-state index is 0.142. The third kappa shape index (κ3) is 5.02. The number of unbranched alkanes of at least 4 members (excludes halogenated alkanes) is 3. The van der Waals surface area contributed by atoms with Crippen LogP contribution in [0.25, 0.3) is 11.4 Å². The molecule has 0 aliphatic rings. The smallest absolute Gasteiger partial charge is 0.336 e. The third-order valence-electron chi connectivity index (χ3n) is 4.81. The monoisotopic (exact) mass is 393 g/mol. The zero-order valence-electron chi connectivity index (χ0n) is 17.2. The molecule has 0 aliphatic carbocycles. The Balaban J connectivity index is 1.84. The molecule has 3 aromatic rings. The van der Waals surface area contributed by atoms with Gasteiger partial charge >= 0.3 is 6.01 Å². The van der Waals surface area contributed by atoms with Crippen molar-refractivity contribution in [2.45, 2.75) is 39.0 Å². The van der Waals surface area contributed by atoms with Crippen molar-refractivity contribution in [3.63, 3.8) is 0 Å². The van der Waals surface area contributed by atoms with Gasteiger partial charge in [-0.2, -0.15) is 9.67 Å². The highest BCUT2D eigenvalue weighted by Gasteiger charge is 2.20. The van der Waals surface area contributed by atoms with Crippen molar-refractivity contribution in [1.82, 2.24) is 14.8 Å². The molecule has 29 heavy (non-hydrogen) atoms. The number of carbonyl (C=O) groups excluding carboxylic acids is 1. The topological polar surface area (TPSA) is 66.2 Å². The fourth-order valence-corrected chi connectivity index (χ4v) is 3.16. The predicted octanol–water partition coefficient (Wildman–Crippen LogP) is 4.77. The molecule has 6 nitrogen and oxygen atoms in total. The summed E-state index contributed by atoms with van der Waals surface area (Å²) in [5.74, 6) is 0.835. The second kappa shape index (κ2) is 9.87. The highest BCUT2D eigenvalue weighted by atomic mass is 16.5. The molecule has 6 heteroatoms. The number of ether oxygens (including phenoxy) is 2. The fraction of sp³-hybridized carbons (Fsp3) is 0.348. The SMILES string of the molecule is CCCCCCc1ccc(C(=O)n2nc(OC)nc2-c2cccc(OC)c2)cc1. The van der Waals surface area contributed by atoms with E-state index >= 15 is 0 Å². The summed E-state index contributed by atoms with van der Waals surface area (Å²) < 4.78 is 11.7. The van der Waals surface area contributed by atoms with Gasteiger partial charge in [0.15, 0.2) is 5.82 Å². The molecule has 0 spiro atoms. The van der Waals surface area contributed by atoms with Gasteiger partial charge in [-0.3, -0.25) is 4.79 Å². The quantitative estimate of drug-likeness (QED) is 0.490. The van der Waals surface area contributed by atoms with Crippen molar-refractivity contribution in [1.29, 1.82) is 0 Å². The van der Waals surface area contributed by atoms with Crippen LogP contribution in [0.5, 0.6) is 11.8 Å². The van der Waals surface area contributed by atoms with Crippen LogP contribution in [0.15, 0.2) is 48.5 Å². The molecule has 0 saturated carbocycles. The average Bonchev–Trinajstić information content (AvgIpc) is 3.21. The summed E-state index contributed by atoms with van der Waals surface area (Å²) >= 11 is 0. The number of methoxy groups -OCH3 is 2. The molecule has 1 heterocycles. The number of carbonyl (C=O) groups is 1. The highest BCUT2D eigenvalue weighted by Crippen LogP contribution is 2.25. The van der Waals surface area contributed by atoms with Crippen LogP contribution in [0, 0.1) is 0 Å². The lowest BCUT2D eigenvalue weighted by molar-refractivity contribution is 0.0945. The summed E-state index contributed by atoms with van der Waals surface area (Å²) in [5, 5.41) is 4.22. The maximum absolute atomic E-state index is 13.1. The molecule has 0 saturated heterocycles. The normalized spacial score (nSPS) is 10.7. The van der Waals surface area contributed by atoms with Gasteiger partial charge in [0.1, 0.15) is 5.75 Å². The van der Waals surface area contributed by atoms with Crippen molar-refractivity contribution in [3.8, 4) is 23.1 Å². The first-order valence-electron chi connectivity index (χ1n) is 9.95. The van der Waals surface area contributed by atoms with Crippen molar-refractivity contribution in [3.05, 3.63) is 59.7 Å². The Hall–Kier alpha value is -3.15. The van der Waals surface area contributed by atoms with E-state index in [1.165, 1.54) is 43.0 Å². The van der Waals surface area contributed by atoms with Crippen molar-refractivity contribution >= 4 is 5.91 Å². The van der Waals surface area contributed by atoms with Crippen LogP contribution in [0.3, 0.4) is 0 Å². The lowest BCUT2D eigenvalue weighted by atomic mass is 10.0. The Morgan fingerprint density at radius 2 is 1.79 bits per heavy atom. The average molecular weight is 393 g/mol. The van der Waals surface area contributed by atoms with E-state index in [2.05, 4.69) is 17.0 Å². The molecular weight excluding hydrogens is 366 g/mol. The van der Waals surface area contributed by atoms with E-state index in [0.717, 1.165) is 12.0 Å². The summed E-state index contributed by atoms with van der Waals surface area (Å²) in [5.41, 5.74) is 2.52. The van der Waals surface area contributed by atoms with Crippen LogP contribution in [0.4, 0.5) is 0 Å². The van der Waals surface area contributed by atoms with Gasteiger partial charge in [0.05, 0.1) is 14.2 Å². The summed E-state index contributed by atoms with van der Waals surface area (Å²) in [6.45, 7) is 2.21. The van der Waals surface area contributed by atoms with E-state index in [1.807, 2.05) is 48.5 Å². The van der Waals surface area contributed by atoms with Gasteiger partial charge in [-0.05, 0) is 42.7 Å². The Morgan fingerprint density at radius 1 is 1.00 bits per heavy atom. The first-order valence-corrected chi connectivity index (χ1v) is 9.95. The number of benzene rings is 2. The first kappa shape index (κ1) is 20.6. The van der Waals surface area contributed by atoms with Crippen molar-refractivity contribution in [2.24, 2.45) is 0 Å². The number of hydrogen-bond donors (Lipinski definition) is 0. The maximum Gasteiger partial charge on any atom is 0.336 e. The summed E-state index contributed by atoms with van der Waals surface area (Å²) in [6.07, 6.45) is 5.92. The predicted molar refractivity (Wildman–Crippen MR) is 113 cm³/mol. The largest absolute Gasteiger partial charge is 0.497 e. The maximum atomic E-state index is 13.1. The van der Waals surface area contributed by atoms with E-state index < -0.39 is 0 Å². The number of aryl methyl sites for hydroxylation is 1. The fourth-order valence-electron chi connectivity index (χ4n) is 3.16. The van der Waals surface area contributed by atoms with Gasteiger partial charge < -0.3 is 9.47 Å². The van der Waals surface area contributed by atoms with Crippen molar-refractivity contribution < 1.29 is 14.3 Å². The Labute approximate surface area is 171 Å². The minimum Gasteiger partial charge on any atom is -0.497 e. The number of nitrogens with zero attached hydrogens (tertiary/aromatic N) is 3. The van der Waals surface area contributed by atoms with E-state index in [1.54, 1.807) is 7.11 Å². The molecule has 1 aromatic heterocycles.